The fourth-order valence-electron chi connectivity index (χ4n) is 4.98. The lowest BCUT2D eigenvalue weighted by molar-refractivity contribution is -0.139. The molecular weight excluding hydrogens is 591 g/mol. The van der Waals surface area contributed by atoms with Crippen LogP contribution in [0.2, 0.25) is 10.0 Å². The van der Waals surface area contributed by atoms with E-state index in [4.69, 9.17) is 28.9 Å². The molecule has 1 saturated carbocycles. The second kappa shape index (κ2) is 15.4. The van der Waals surface area contributed by atoms with Crippen molar-refractivity contribution in [1.29, 1.82) is 0 Å². The Morgan fingerprint density at radius 3 is 2.33 bits per heavy atom. The molecule has 1 aliphatic rings. The van der Waals surface area contributed by atoms with Gasteiger partial charge in [0, 0.05) is 36.6 Å². The number of nitrogens with two attached hydrogens (primary N) is 1. The van der Waals surface area contributed by atoms with Gasteiger partial charge in [-0.2, -0.15) is 0 Å². The molecule has 1 atom stereocenters. The summed E-state index contributed by atoms with van der Waals surface area (Å²) >= 11 is 12.1. The molecule has 6 N–H and O–H groups in total. The van der Waals surface area contributed by atoms with E-state index in [2.05, 4.69) is 25.9 Å². The minimum absolute atomic E-state index is 0.0557. The number of aromatic nitrogens is 1. The highest BCUT2D eigenvalue weighted by molar-refractivity contribution is 6.40. The number of anilines is 1. The summed E-state index contributed by atoms with van der Waals surface area (Å²) in [5, 5.41) is 18.6. The van der Waals surface area contributed by atoms with Gasteiger partial charge in [-0.1, -0.05) is 72.8 Å². The van der Waals surface area contributed by atoms with Crippen LogP contribution in [0, 0.1) is 5.92 Å². The Morgan fingerprint density at radius 2 is 1.65 bits per heavy atom. The number of carbonyl (C=O) groups is 3. The van der Waals surface area contributed by atoms with Gasteiger partial charge in [0.1, 0.15) is 6.04 Å². The molecule has 0 radical (unpaired) electrons. The Hall–Kier alpha value is -4.15. The van der Waals surface area contributed by atoms with E-state index in [0.29, 0.717) is 34.8 Å². The molecule has 1 aliphatic carbocycles. The SMILES string of the molecule is NC(=NCc1ccccc1C(=O)NCC1CCCCC1)N[C@@H](Cc1ccc(NC(=O)c2c(Cl)cncc2Cl)cc1)C(=O)O. The van der Waals surface area contributed by atoms with Gasteiger partial charge in [0.25, 0.3) is 11.8 Å². The average molecular weight is 626 g/mol. The minimum Gasteiger partial charge on any atom is -0.480 e. The highest BCUT2D eigenvalue weighted by atomic mass is 35.5. The van der Waals surface area contributed by atoms with E-state index >= 15 is 0 Å². The van der Waals surface area contributed by atoms with Gasteiger partial charge >= 0.3 is 5.97 Å². The number of pyridine rings is 1. The van der Waals surface area contributed by atoms with E-state index in [0.717, 1.165) is 12.8 Å². The van der Waals surface area contributed by atoms with Crippen molar-refractivity contribution >= 4 is 52.6 Å². The first-order valence-electron chi connectivity index (χ1n) is 14.1. The lowest BCUT2D eigenvalue weighted by Crippen LogP contribution is -2.46. The molecule has 43 heavy (non-hydrogen) atoms. The van der Waals surface area contributed by atoms with Crippen LogP contribution in [0.25, 0.3) is 0 Å². The van der Waals surface area contributed by atoms with Crippen LogP contribution in [0.5, 0.6) is 0 Å². The maximum absolute atomic E-state index is 12.9. The first-order chi connectivity index (χ1) is 20.7. The third kappa shape index (κ3) is 9.17. The van der Waals surface area contributed by atoms with Gasteiger partial charge in [-0.05, 0) is 48.1 Å². The van der Waals surface area contributed by atoms with Gasteiger partial charge in [-0.3, -0.25) is 14.6 Å². The molecule has 0 bridgehead atoms. The number of amides is 2. The van der Waals surface area contributed by atoms with Gasteiger partial charge in [-0.15, -0.1) is 0 Å². The number of carboxylic acids is 1. The maximum atomic E-state index is 12.9. The van der Waals surface area contributed by atoms with E-state index in [1.807, 2.05) is 6.07 Å². The third-order valence-corrected chi connectivity index (χ3v) is 7.88. The Labute approximate surface area is 260 Å². The third-order valence-electron chi connectivity index (χ3n) is 7.31. The molecule has 1 heterocycles. The second-order valence-electron chi connectivity index (χ2n) is 10.4. The summed E-state index contributed by atoms with van der Waals surface area (Å²) < 4.78 is 0. The fourth-order valence-corrected chi connectivity index (χ4v) is 5.52. The summed E-state index contributed by atoms with van der Waals surface area (Å²) in [6.45, 7) is 0.763. The van der Waals surface area contributed by atoms with Crippen LogP contribution in [-0.2, 0) is 17.8 Å². The molecular formula is C31H34Cl2N6O4. The molecule has 2 aromatic carbocycles. The van der Waals surface area contributed by atoms with Crippen LogP contribution < -0.4 is 21.7 Å². The predicted octanol–water partition coefficient (Wildman–Crippen LogP) is 5.05. The number of aliphatic imine (C=N–C) groups is 1. The summed E-state index contributed by atoms with van der Waals surface area (Å²) in [4.78, 5) is 45.6. The number of halogens is 2. The standard InChI is InChI=1S/C31H34Cl2N6O4/c32-24-17-35-18-25(33)27(24)29(41)38-22-12-10-19(11-13-22)14-26(30(42)43)39-31(34)37-16-21-8-4-5-9-23(21)28(40)36-15-20-6-2-1-3-7-20/h4-5,8-13,17-18,20,26H,1-3,6-7,14-16H2,(H,36,40)(H,38,41)(H,42,43)(H3,34,37,39)/t26-/m0/s1. The van der Waals surface area contributed by atoms with Crippen LogP contribution in [0.3, 0.4) is 0 Å². The van der Waals surface area contributed by atoms with Crippen molar-refractivity contribution in [2.45, 2.75) is 51.1 Å². The Morgan fingerprint density at radius 1 is 0.977 bits per heavy atom. The van der Waals surface area contributed by atoms with Crippen LogP contribution >= 0.6 is 23.2 Å². The zero-order valence-electron chi connectivity index (χ0n) is 23.5. The maximum Gasteiger partial charge on any atom is 0.326 e. The van der Waals surface area contributed by atoms with E-state index in [-0.39, 0.29) is 40.4 Å². The number of nitrogens with zero attached hydrogens (tertiary/aromatic N) is 2. The number of guanidine groups is 1. The Kier molecular flexibility index (Phi) is 11.4. The zero-order valence-corrected chi connectivity index (χ0v) is 25.0. The van der Waals surface area contributed by atoms with Gasteiger partial charge in [0.05, 0.1) is 22.2 Å². The van der Waals surface area contributed by atoms with Crippen molar-refractivity contribution in [3.63, 3.8) is 0 Å². The first-order valence-corrected chi connectivity index (χ1v) is 14.8. The summed E-state index contributed by atoms with van der Waals surface area (Å²) in [6, 6.07) is 12.8. The second-order valence-corrected chi connectivity index (χ2v) is 11.3. The van der Waals surface area contributed by atoms with Gasteiger partial charge in [0.15, 0.2) is 5.96 Å². The zero-order chi connectivity index (χ0) is 30.8. The monoisotopic (exact) mass is 624 g/mol. The molecule has 226 valence electrons. The number of hydrogen-bond donors (Lipinski definition) is 5. The van der Waals surface area contributed by atoms with Crippen molar-refractivity contribution in [1.82, 2.24) is 15.6 Å². The lowest BCUT2D eigenvalue weighted by atomic mass is 9.89. The van der Waals surface area contributed by atoms with Crippen molar-refractivity contribution in [3.8, 4) is 0 Å². The normalized spacial score (nSPS) is 14.5. The quantitative estimate of drug-likeness (QED) is 0.147. The number of carboxylic acid groups (broad SMARTS) is 1. The van der Waals surface area contributed by atoms with Crippen molar-refractivity contribution in [3.05, 3.63) is 93.2 Å². The van der Waals surface area contributed by atoms with Crippen molar-refractivity contribution in [2.24, 2.45) is 16.6 Å². The summed E-state index contributed by atoms with van der Waals surface area (Å²) in [7, 11) is 0. The van der Waals surface area contributed by atoms with Crippen LogP contribution in [0.1, 0.15) is 63.9 Å². The highest BCUT2D eigenvalue weighted by Gasteiger charge is 2.20. The van der Waals surface area contributed by atoms with E-state index in [1.54, 1.807) is 42.5 Å². The van der Waals surface area contributed by atoms with E-state index in [1.165, 1.54) is 31.7 Å². The summed E-state index contributed by atoms with van der Waals surface area (Å²) in [5.74, 6) is -1.31. The number of aliphatic carboxylic acids is 1. The molecule has 2 amide bonds. The molecule has 12 heteroatoms. The van der Waals surface area contributed by atoms with Gasteiger partial charge < -0.3 is 26.8 Å². The smallest absolute Gasteiger partial charge is 0.326 e. The highest BCUT2D eigenvalue weighted by Crippen LogP contribution is 2.25. The number of carbonyl (C=O) groups excluding carboxylic acids is 2. The minimum atomic E-state index is -1.11. The number of benzene rings is 2. The molecule has 0 spiro atoms. The lowest BCUT2D eigenvalue weighted by Gasteiger charge is -2.22. The van der Waals surface area contributed by atoms with Crippen LogP contribution in [0.15, 0.2) is 65.9 Å². The summed E-state index contributed by atoms with van der Waals surface area (Å²) in [6.07, 6.45) is 8.70. The van der Waals surface area contributed by atoms with Gasteiger partial charge in [-0.25, -0.2) is 9.79 Å². The van der Waals surface area contributed by atoms with E-state index in [9.17, 15) is 19.5 Å². The molecule has 0 aliphatic heterocycles. The van der Waals surface area contributed by atoms with E-state index < -0.39 is 17.9 Å². The van der Waals surface area contributed by atoms with Crippen molar-refractivity contribution in [2.75, 3.05) is 11.9 Å². The van der Waals surface area contributed by atoms with Crippen molar-refractivity contribution < 1.29 is 19.5 Å². The van der Waals surface area contributed by atoms with Crippen LogP contribution in [0.4, 0.5) is 5.69 Å². The summed E-state index contributed by atoms with van der Waals surface area (Å²) in [5.41, 5.74) is 8.53. The Bertz CT molecular complexity index is 1460. The molecule has 3 aromatic rings. The number of rotatable bonds is 11. The molecule has 0 saturated heterocycles. The first kappa shape index (κ1) is 31.8. The molecule has 1 fully saturated rings. The largest absolute Gasteiger partial charge is 0.480 e. The number of hydrogen-bond acceptors (Lipinski definition) is 5. The Balaban J connectivity index is 1.34. The van der Waals surface area contributed by atoms with Gasteiger partial charge in [0.2, 0.25) is 0 Å². The number of nitrogens with one attached hydrogen (secondary N) is 3. The molecule has 0 unspecified atom stereocenters. The molecule has 10 nitrogen and oxygen atoms in total. The topological polar surface area (TPSA) is 159 Å². The molecule has 1 aromatic heterocycles. The molecule has 4 rings (SSSR count). The fraction of sp³-hybridized carbons (Fsp3) is 0.323. The predicted molar refractivity (Wildman–Crippen MR) is 168 cm³/mol. The average Bonchev–Trinajstić information content (AvgIpc) is 3.00. The van der Waals surface area contributed by atoms with Crippen LogP contribution in [-0.4, -0.2) is 46.4 Å².